The summed E-state index contributed by atoms with van der Waals surface area (Å²) in [6, 6.07) is 9.14. The van der Waals surface area contributed by atoms with Crippen molar-refractivity contribution in [3.05, 3.63) is 35.9 Å². The van der Waals surface area contributed by atoms with E-state index in [1.807, 2.05) is 44.2 Å². The lowest BCUT2D eigenvalue weighted by molar-refractivity contribution is -0.156. The molecule has 1 saturated heterocycles. The predicted molar refractivity (Wildman–Crippen MR) is 75.9 cm³/mol. The van der Waals surface area contributed by atoms with Crippen LogP contribution < -0.4 is 0 Å². The highest BCUT2D eigenvalue weighted by Gasteiger charge is 2.40. The van der Waals surface area contributed by atoms with Gasteiger partial charge in [0.25, 0.3) is 0 Å². The van der Waals surface area contributed by atoms with Crippen LogP contribution in [0.1, 0.15) is 32.3 Å². The molecule has 4 nitrogen and oxygen atoms in total. The third-order valence-electron chi connectivity index (χ3n) is 3.69. The topological polar surface area (TPSA) is 57.6 Å². The summed E-state index contributed by atoms with van der Waals surface area (Å²) >= 11 is 0. The van der Waals surface area contributed by atoms with Gasteiger partial charge in [-0.25, -0.2) is 0 Å². The van der Waals surface area contributed by atoms with Gasteiger partial charge in [-0.15, -0.1) is 0 Å². The highest BCUT2D eigenvalue weighted by atomic mass is 16.3. The number of piperidine rings is 1. The summed E-state index contributed by atoms with van der Waals surface area (Å²) in [6.45, 7) is 3.64. The van der Waals surface area contributed by atoms with Crippen molar-refractivity contribution >= 4 is 11.8 Å². The van der Waals surface area contributed by atoms with Gasteiger partial charge < -0.3 is 5.11 Å². The second-order valence-electron chi connectivity index (χ2n) is 6.20. The molecular weight excluding hydrogens is 254 g/mol. The summed E-state index contributed by atoms with van der Waals surface area (Å²) in [6.07, 6.45) is 1.20. The van der Waals surface area contributed by atoms with Crippen molar-refractivity contribution in [3.63, 3.8) is 0 Å². The van der Waals surface area contributed by atoms with Crippen LogP contribution in [0.3, 0.4) is 0 Å². The first-order valence-electron chi connectivity index (χ1n) is 6.92. The van der Waals surface area contributed by atoms with E-state index in [1.54, 1.807) is 0 Å². The molecule has 0 aromatic heterocycles. The number of carbonyl (C=O) groups excluding carboxylic acids is 2. The number of carbonyl (C=O) groups is 2. The van der Waals surface area contributed by atoms with E-state index in [4.69, 9.17) is 0 Å². The summed E-state index contributed by atoms with van der Waals surface area (Å²) in [5.41, 5.74) is 0.731. The first-order chi connectivity index (χ1) is 9.43. The van der Waals surface area contributed by atoms with Gasteiger partial charge in [-0.2, -0.15) is 0 Å². The van der Waals surface area contributed by atoms with Crippen LogP contribution in [0.5, 0.6) is 0 Å². The molecule has 1 aromatic rings. The van der Waals surface area contributed by atoms with Crippen LogP contribution in [0.2, 0.25) is 0 Å². The monoisotopic (exact) mass is 275 g/mol. The molecule has 2 rings (SSSR count). The van der Waals surface area contributed by atoms with Crippen molar-refractivity contribution < 1.29 is 14.7 Å². The summed E-state index contributed by atoms with van der Waals surface area (Å²) < 4.78 is 0. The highest BCUT2D eigenvalue weighted by molar-refractivity contribution is 5.98. The molecule has 2 amide bonds. The minimum Gasteiger partial charge on any atom is -0.394 e. The zero-order chi connectivity index (χ0) is 14.8. The minimum atomic E-state index is -0.464. The number of likely N-dealkylation sites (tertiary alicyclic amines) is 1. The molecule has 1 heterocycles. The standard InChI is InChI=1S/C16H21NO3/c1-16(2)9-14(19)17(15(20)10-16)13(11-18)8-12-6-4-3-5-7-12/h3-7,13,18H,8-11H2,1-2H3/t13-/m0/s1. The summed E-state index contributed by atoms with van der Waals surface area (Å²) in [5, 5.41) is 9.56. The molecule has 1 aliphatic rings. The third kappa shape index (κ3) is 3.25. The molecular formula is C16H21NO3. The molecule has 1 N–H and O–H groups in total. The van der Waals surface area contributed by atoms with Gasteiger partial charge in [-0.1, -0.05) is 44.2 Å². The van der Waals surface area contributed by atoms with Gasteiger partial charge in [0, 0.05) is 12.8 Å². The van der Waals surface area contributed by atoms with Gasteiger partial charge >= 0.3 is 0 Å². The van der Waals surface area contributed by atoms with E-state index < -0.39 is 6.04 Å². The molecule has 1 fully saturated rings. The Morgan fingerprint density at radius 2 is 1.70 bits per heavy atom. The molecule has 0 unspecified atom stereocenters. The van der Waals surface area contributed by atoms with Gasteiger partial charge in [0.05, 0.1) is 12.6 Å². The van der Waals surface area contributed by atoms with Gasteiger partial charge in [0.1, 0.15) is 0 Å². The molecule has 0 saturated carbocycles. The van der Waals surface area contributed by atoms with Crippen molar-refractivity contribution in [1.29, 1.82) is 0 Å². The van der Waals surface area contributed by atoms with E-state index >= 15 is 0 Å². The number of hydrogen-bond donors (Lipinski definition) is 1. The van der Waals surface area contributed by atoms with Gasteiger partial charge in [-0.05, 0) is 17.4 Å². The van der Waals surface area contributed by atoms with Gasteiger partial charge in [-0.3, -0.25) is 14.5 Å². The highest BCUT2D eigenvalue weighted by Crippen LogP contribution is 2.32. The number of amides is 2. The number of hydrogen-bond acceptors (Lipinski definition) is 3. The molecule has 0 spiro atoms. The number of benzene rings is 1. The van der Waals surface area contributed by atoms with Crippen LogP contribution >= 0.6 is 0 Å². The smallest absolute Gasteiger partial charge is 0.230 e. The first-order valence-corrected chi connectivity index (χ1v) is 6.92. The molecule has 1 aliphatic heterocycles. The van der Waals surface area contributed by atoms with E-state index in [-0.39, 0.29) is 23.8 Å². The summed E-state index contributed by atoms with van der Waals surface area (Å²) in [4.78, 5) is 25.7. The molecule has 4 heteroatoms. The van der Waals surface area contributed by atoms with Crippen molar-refractivity contribution in [2.75, 3.05) is 6.61 Å². The van der Waals surface area contributed by atoms with Crippen LogP contribution in [0.4, 0.5) is 0 Å². The van der Waals surface area contributed by atoms with E-state index in [2.05, 4.69) is 0 Å². The molecule has 108 valence electrons. The van der Waals surface area contributed by atoms with Crippen LogP contribution in [-0.2, 0) is 16.0 Å². The Balaban J connectivity index is 2.15. The maximum atomic E-state index is 12.2. The summed E-state index contributed by atoms with van der Waals surface area (Å²) in [5.74, 6) is -0.359. The Hall–Kier alpha value is -1.68. The number of aliphatic hydroxyl groups excluding tert-OH is 1. The molecule has 1 aromatic carbocycles. The Bertz CT molecular complexity index is 476. The maximum absolute atomic E-state index is 12.2. The number of imide groups is 1. The van der Waals surface area contributed by atoms with Gasteiger partial charge in [0.15, 0.2) is 0 Å². The van der Waals surface area contributed by atoms with Crippen LogP contribution in [0, 0.1) is 5.41 Å². The Morgan fingerprint density at radius 3 is 2.20 bits per heavy atom. The predicted octanol–water partition coefficient (Wildman–Crippen LogP) is 1.77. The maximum Gasteiger partial charge on any atom is 0.230 e. The first kappa shape index (κ1) is 14.7. The summed E-state index contributed by atoms with van der Waals surface area (Å²) in [7, 11) is 0. The molecule has 20 heavy (non-hydrogen) atoms. The average Bonchev–Trinajstić information content (AvgIpc) is 2.36. The molecule has 0 radical (unpaired) electrons. The van der Waals surface area contributed by atoms with Crippen molar-refractivity contribution in [3.8, 4) is 0 Å². The largest absolute Gasteiger partial charge is 0.394 e. The van der Waals surface area contributed by atoms with Crippen molar-refractivity contribution in [2.24, 2.45) is 5.41 Å². The number of rotatable bonds is 4. The van der Waals surface area contributed by atoms with Crippen LogP contribution in [0.25, 0.3) is 0 Å². The van der Waals surface area contributed by atoms with Crippen LogP contribution in [0.15, 0.2) is 30.3 Å². The normalized spacial score (nSPS) is 20.1. The van der Waals surface area contributed by atoms with Crippen LogP contribution in [-0.4, -0.2) is 34.5 Å². The van der Waals surface area contributed by atoms with E-state index in [9.17, 15) is 14.7 Å². The fraction of sp³-hybridized carbons (Fsp3) is 0.500. The van der Waals surface area contributed by atoms with E-state index in [0.29, 0.717) is 19.3 Å². The second kappa shape index (κ2) is 5.75. The number of aliphatic hydroxyl groups is 1. The SMILES string of the molecule is CC1(C)CC(=O)N([C@H](CO)Cc2ccccc2)C(=O)C1. The Morgan fingerprint density at radius 1 is 1.15 bits per heavy atom. The minimum absolute atomic E-state index is 0.179. The molecule has 0 bridgehead atoms. The Labute approximate surface area is 119 Å². The fourth-order valence-corrected chi connectivity index (χ4v) is 2.72. The lowest BCUT2D eigenvalue weighted by Crippen LogP contribution is -2.53. The zero-order valence-electron chi connectivity index (χ0n) is 12.0. The van der Waals surface area contributed by atoms with E-state index in [1.165, 1.54) is 4.90 Å². The molecule has 1 atom stereocenters. The third-order valence-corrected chi connectivity index (χ3v) is 3.69. The van der Waals surface area contributed by atoms with Gasteiger partial charge in [0.2, 0.25) is 11.8 Å². The Kier molecular flexibility index (Phi) is 4.23. The van der Waals surface area contributed by atoms with Crippen molar-refractivity contribution in [1.82, 2.24) is 4.90 Å². The molecule has 0 aliphatic carbocycles. The quantitative estimate of drug-likeness (QED) is 0.852. The lowest BCUT2D eigenvalue weighted by Gasteiger charge is -2.38. The second-order valence-corrected chi connectivity index (χ2v) is 6.20. The van der Waals surface area contributed by atoms with Crippen molar-refractivity contribution in [2.45, 2.75) is 39.2 Å². The lowest BCUT2D eigenvalue weighted by atomic mass is 9.81. The average molecular weight is 275 g/mol. The van der Waals surface area contributed by atoms with E-state index in [0.717, 1.165) is 5.56 Å². The number of nitrogens with zero attached hydrogens (tertiary/aromatic N) is 1. The fourth-order valence-electron chi connectivity index (χ4n) is 2.72. The zero-order valence-corrected chi connectivity index (χ0v) is 12.0.